The van der Waals surface area contributed by atoms with Gasteiger partial charge in [-0.3, -0.25) is 0 Å². The van der Waals surface area contributed by atoms with Crippen LogP contribution in [-0.2, 0) is 5.41 Å². The Morgan fingerprint density at radius 3 is 1.78 bits per heavy atom. The van der Waals surface area contributed by atoms with Gasteiger partial charge in [-0.05, 0) is 119 Å². The van der Waals surface area contributed by atoms with E-state index < -0.39 is 5.41 Å². The molecule has 1 atom stereocenters. The van der Waals surface area contributed by atoms with Crippen LogP contribution in [0.5, 0.6) is 0 Å². The quantitative estimate of drug-likeness (QED) is 0.157. The molecule has 0 N–H and O–H groups in total. The third-order valence-electron chi connectivity index (χ3n) is 14.9. The predicted molar refractivity (Wildman–Crippen MR) is 279 cm³/mol. The molecule has 0 spiro atoms. The lowest BCUT2D eigenvalue weighted by Gasteiger charge is -2.34. The fourth-order valence-corrected chi connectivity index (χ4v) is 12.1. The molecule has 11 aromatic carbocycles. The number of rotatable bonds is 6. The molecule has 0 bridgehead atoms. The standard InChI is InChI=1S/C66H43N/c1-4-17-43(18-5-1)46-21-16-26-52(40-46)67-62-38-34-48(47-33-35-56-59(41-47)53-27-12-13-29-55(53)63(56)49-32-31-44-19-10-11-20-45(44)39-49)42-60(62)58-37-36-57-54-28-14-15-30-61(54)66(64(57)65(58)67,50-22-6-2-7-23-50)51-24-8-3-9-25-51/h1-42,63H. The molecule has 1 nitrogen and oxygen atoms in total. The van der Waals surface area contributed by atoms with E-state index in [9.17, 15) is 0 Å². The summed E-state index contributed by atoms with van der Waals surface area (Å²) in [6.07, 6.45) is 0. The maximum Gasteiger partial charge on any atom is 0.0734 e. The van der Waals surface area contributed by atoms with Crippen LogP contribution < -0.4 is 0 Å². The van der Waals surface area contributed by atoms with Gasteiger partial charge in [0.05, 0.1) is 16.4 Å². The molecule has 0 radical (unpaired) electrons. The summed E-state index contributed by atoms with van der Waals surface area (Å²) in [5.41, 5.74) is 22.2. The molecular formula is C66H43N. The average Bonchev–Trinajstić information content (AvgIpc) is 4.03. The summed E-state index contributed by atoms with van der Waals surface area (Å²) in [4.78, 5) is 0. The molecule has 0 fully saturated rings. The second-order valence-corrected chi connectivity index (χ2v) is 18.3. The number of aromatic nitrogens is 1. The molecule has 2 aliphatic rings. The predicted octanol–water partition coefficient (Wildman–Crippen LogP) is 16.8. The third-order valence-corrected chi connectivity index (χ3v) is 14.9. The van der Waals surface area contributed by atoms with Crippen molar-refractivity contribution in [3.8, 4) is 50.2 Å². The highest BCUT2D eigenvalue weighted by atomic mass is 15.0. The molecule has 312 valence electrons. The van der Waals surface area contributed by atoms with E-state index in [1.165, 1.54) is 116 Å². The number of hydrogen-bond donors (Lipinski definition) is 0. The highest BCUT2D eigenvalue weighted by molar-refractivity contribution is 6.15. The fourth-order valence-electron chi connectivity index (χ4n) is 12.1. The van der Waals surface area contributed by atoms with Crippen molar-refractivity contribution in [2.45, 2.75) is 11.3 Å². The van der Waals surface area contributed by atoms with Gasteiger partial charge in [0.1, 0.15) is 0 Å². The largest absolute Gasteiger partial charge is 0.309 e. The summed E-state index contributed by atoms with van der Waals surface area (Å²) in [5, 5.41) is 5.03. The first-order chi connectivity index (χ1) is 33.2. The SMILES string of the molecule is c1ccc(-c2cccc(-n3c4ccc(-c5ccc6c(c5)-c5ccccc5C6c5ccc6ccccc6c5)cc4c4ccc5c(c43)C(c3ccccc3)(c3ccccc3)c3ccccc3-5)c2)cc1. The van der Waals surface area contributed by atoms with E-state index in [0.29, 0.717) is 0 Å². The molecule has 1 heteroatoms. The van der Waals surface area contributed by atoms with E-state index in [-0.39, 0.29) is 5.92 Å². The summed E-state index contributed by atoms with van der Waals surface area (Å²) in [7, 11) is 0. The van der Waals surface area contributed by atoms with Crippen molar-refractivity contribution in [3.63, 3.8) is 0 Å². The lowest BCUT2D eigenvalue weighted by atomic mass is 9.67. The highest BCUT2D eigenvalue weighted by Gasteiger charge is 2.48. The van der Waals surface area contributed by atoms with E-state index >= 15 is 0 Å². The van der Waals surface area contributed by atoms with Gasteiger partial charge >= 0.3 is 0 Å². The van der Waals surface area contributed by atoms with E-state index in [1.807, 2.05) is 0 Å². The number of benzene rings is 11. The monoisotopic (exact) mass is 849 g/mol. The Labute approximate surface area is 390 Å². The molecule has 14 rings (SSSR count). The minimum absolute atomic E-state index is 0.178. The Bertz CT molecular complexity index is 3870. The molecular weight excluding hydrogens is 807 g/mol. The summed E-state index contributed by atoms with van der Waals surface area (Å²) in [5.74, 6) is 0.178. The van der Waals surface area contributed by atoms with Gasteiger partial charge in [0, 0.05) is 27.9 Å². The molecule has 2 aliphatic carbocycles. The summed E-state index contributed by atoms with van der Waals surface area (Å²) >= 11 is 0. The van der Waals surface area contributed by atoms with Gasteiger partial charge in [0.25, 0.3) is 0 Å². The number of fused-ring (bicyclic) bond motifs is 11. The lowest BCUT2D eigenvalue weighted by Crippen LogP contribution is -2.29. The Morgan fingerprint density at radius 1 is 0.343 bits per heavy atom. The normalized spacial score (nSPS) is 14.2. The van der Waals surface area contributed by atoms with Crippen LogP contribution in [0.3, 0.4) is 0 Å². The van der Waals surface area contributed by atoms with Gasteiger partial charge < -0.3 is 4.57 Å². The topological polar surface area (TPSA) is 4.93 Å². The summed E-state index contributed by atoms with van der Waals surface area (Å²) < 4.78 is 2.57. The van der Waals surface area contributed by atoms with E-state index in [1.54, 1.807) is 0 Å². The highest BCUT2D eigenvalue weighted by Crippen LogP contribution is 2.59. The minimum Gasteiger partial charge on any atom is -0.309 e. The molecule has 1 aromatic heterocycles. The average molecular weight is 850 g/mol. The zero-order chi connectivity index (χ0) is 44.1. The van der Waals surface area contributed by atoms with Crippen molar-refractivity contribution in [1.82, 2.24) is 4.57 Å². The smallest absolute Gasteiger partial charge is 0.0734 e. The zero-order valence-electron chi connectivity index (χ0n) is 36.8. The van der Waals surface area contributed by atoms with Crippen LogP contribution in [0.1, 0.15) is 44.9 Å². The second kappa shape index (κ2) is 14.8. The fraction of sp³-hybridized carbons (Fsp3) is 0.0303. The first kappa shape index (κ1) is 37.8. The van der Waals surface area contributed by atoms with Crippen molar-refractivity contribution in [3.05, 3.63) is 294 Å². The van der Waals surface area contributed by atoms with E-state index in [4.69, 9.17) is 0 Å². The Balaban J connectivity index is 1.03. The maximum atomic E-state index is 2.57. The maximum absolute atomic E-state index is 2.57. The van der Waals surface area contributed by atoms with Gasteiger partial charge in [-0.25, -0.2) is 0 Å². The molecule has 1 unspecified atom stereocenters. The van der Waals surface area contributed by atoms with Crippen LogP contribution in [-0.4, -0.2) is 4.57 Å². The van der Waals surface area contributed by atoms with Crippen molar-refractivity contribution in [2.75, 3.05) is 0 Å². The van der Waals surface area contributed by atoms with Crippen molar-refractivity contribution in [2.24, 2.45) is 0 Å². The summed E-state index contributed by atoms with van der Waals surface area (Å²) in [6, 6.07) is 95.2. The molecule has 0 saturated heterocycles. The first-order valence-corrected chi connectivity index (χ1v) is 23.4. The van der Waals surface area contributed by atoms with Crippen LogP contribution in [0.15, 0.2) is 255 Å². The molecule has 12 aromatic rings. The third kappa shape index (κ3) is 5.55. The lowest BCUT2D eigenvalue weighted by molar-refractivity contribution is 0.772. The van der Waals surface area contributed by atoms with Crippen LogP contribution in [0.25, 0.3) is 82.8 Å². The van der Waals surface area contributed by atoms with Crippen LogP contribution in [0, 0.1) is 0 Å². The van der Waals surface area contributed by atoms with E-state index in [2.05, 4.69) is 259 Å². The number of hydrogen-bond acceptors (Lipinski definition) is 0. The second-order valence-electron chi connectivity index (χ2n) is 18.3. The molecule has 0 aliphatic heterocycles. The van der Waals surface area contributed by atoms with Gasteiger partial charge in [-0.2, -0.15) is 0 Å². The Morgan fingerprint density at radius 2 is 0.970 bits per heavy atom. The van der Waals surface area contributed by atoms with Crippen LogP contribution in [0.4, 0.5) is 0 Å². The molecule has 0 saturated carbocycles. The van der Waals surface area contributed by atoms with E-state index in [0.717, 1.165) is 5.69 Å². The molecule has 1 heterocycles. The van der Waals surface area contributed by atoms with Gasteiger partial charge in [-0.15, -0.1) is 0 Å². The zero-order valence-corrected chi connectivity index (χ0v) is 36.8. The van der Waals surface area contributed by atoms with Gasteiger partial charge in [0.2, 0.25) is 0 Å². The number of nitrogens with zero attached hydrogens (tertiary/aromatic N) is 1. The molecule has 0 amide bonds. The Kier molecular flexibility index (Phi) is 8.33. The van der Waals surface area contributed by atoms with Crippen molar-refractivity contribution < 1.29 is 0 Å². The van der Waals surface area contributed by atoms with Crippen LogP contribution in [0.2, 0.25) is 0 Å². The minimum atomic E-state index is -0.574. The Hall–Kier alpha value is -8.52. The summed E-state index contributed by atoms with van der Waals surface area (Å²) in [6.45, 7) is 0. The van der Waals surface area contributed by atoms with Crippen LogP contribution >= 0.6 is 0 Å². The molecule has 67 heavy (non-hydrogen) atoms. The van der Waals surface area contributed by atoms with Crippen molar-refractivity contribution >= 4 is 32.6 Å². The van der Waals surface area contributed by atoms with Crippen molar-refractivity contribution in [1.29, 1.82) is 0 Å². The first-order valence-electron chi connectivity index (χ1n) is 23.4. The van der Waals surface area contributed by atoms with Gasteiger partial charge in [0.15, 0.2) is 0 Å². The van der Waals surface area contributed by atoms with Gasteiger partial charge in [-0.1, -0.05) is 224 Å².